The molecular weight excluding hydrogens is 312 g/mol. The smallest absolute Gasteiger partial charge is 0.276 e. The number of nitro benzene ring substituents is 1. The van der Waals surface area contributed by atoms with Crippen LogP contribution in [-0.4, -0.2) is 59.3 Å². The average Bonchev–Trinajstić information content (AvgIpc) is 2.78. The van der Waals surface area contributed by atoms with Crippen molar-refractivity contribution >= 4 is 23.6 Å². The van der Waals surface area contributed by atoms with Gasteiger partial charge < -0.3 is 10.6 Å². The Morgan fingerprint density at radius 3 is 2.67 bits per heavy atom. The Morgan fingerprint density at radius 2 is 1.96 bits per heavy atom. The molecule has 0 spiro atoms. The zero-order valence-corrected chi connectivity index (χ0v) is 13.3. The summed E-state index contributed by atoms with van der Waals surface area (Å²) in [6, 6.07) is 6.26. The Labute approximate surface area is 139 Å². The monoisotopic (exact) mass is 332 g/mol. The summed E-state index contributed by atoms with van der Waals surface area (Å²) >= 11 is 0. The Kier molecular flexibility index (Phi) is 6.02. The van der Waals surface area contributed by atoms with E-state index in [1.165, 1.54) is 18.2 Å². The second-order valence-electron chi connectivity index (χ2n) is 5.57. The molecule has 0 unspecified atom stereocenters. The molecule has 1 fully saturated rings. The molecule has 0 atom stereocenters. The maximum atomic E-state index is 12.3. The average molecular weight is 332 g/mol. The van der Waals surface area contributed by atoms with Crippen molar-refractivity contribution in [1.82, 2.24) is 9.80 Å². The molecule has 2 rings (SSSR count). The molecule has 1 aromatic rings. The molecule has 8 heteroatoms. The van der Waals surface area contributed by atoms with Gasteiger partial charge in [-0.1, -0.05) is 12.1 Å². The molecule has 0 aromatic heterocycles. The molecule has 1 aliphatic rings. The van der Waals surface area contributed by atoms with Gasteiger partial charge in [-0.2, -0.15) is 0 Å². The summed E-state index contributed by atoms with van der Waals surface area (Å²) in [7, 11) is 0. The summed E-state index contributed by atoms with van der Waals surface area (Å²) in [5.74, 6) is -0.583. The maximum absolute atomic E-state index is 12.3. The zero-order valence-electron chi connectivity index (χ0n) is 13.3. The molecule has 2 amide bonds. The van der Waals surface area contributed by atoms with E-state index in [4.69, 9.17) is 5.73 Å². The van der Waals surface area contributed by atoms with Crippen LogP contribution in [-0.2, 0) is 9.59 Å². The van der Waals surface area contributed by atoms with Crippen molar-refractivity contribution in [2.45, 2.75) is 6.42 Å². The topological polar surface area (TPSA) is 110 Å². The Morgan fingerprint density at radius 1 is 1.21 bits per heavy atom. The lowest BCUT2D eigenvalue weighted by Gasteiger charge is -2.19. The van der Waals surface area contributed by atoms with Gasteiger partial charge in [0.25, 0.3) is 5.69 Å². The molecular formula is C16H20N4O4. The van der Waals surface area contributed by atoms with E-state index in [0.717, 1.165) is 6.42 Å². The molecule has 128 valence electrons. The normalized spacial score (nSPS) is 16.1. The van der Waals surface area contributed by atoms with E-state index in [9.17, 15) is 19.7 Å². The second kappa shape index (κ2) is 8.21. The van der Waals surface area contributed by atoms with Crippen LogP contribution >= 0.6 is 0 Å². The number of nitrogens with zero attached hydrogens (tertiary/aromatic N) is 3. The highest BCUT2D eigenvalue weighted by atomic mass is 16.6. The van der Waals surface area contributed by atoms with Gasteiger partial charge in [-0.15, -0.1) is 0 Å². The number of carbonyl (C=O) groups is 2. The summed E-state index contributed by atoms with van der Waals surface area (Å²) in [5, 5.41) is 11.0. The first kappa shape index (κ1) is 17.6. The van der Waals surface area contributed by atoms with Gasteiger partial charge in [0.15, 0.2) is 0 Å². The highest BCUT2D eigenvalue weighted by molar-refractivity contribution is 5.92. The fraction of sp³-hybridized carbons (Fsp3) is 0.375. The number of benzene rings is 1. The summed E-state index contributed by atoms with van der Waals surface area (Å²) < 4.78 is 0. The second-order valence-corrected chi connectivity index (χ2v) is 5.57. The van der Waals surface area contributed by atoms with Crippen LogP contribution in [0.4, 0.5) is 5.69 Å². The molecule has 1 heterocycles. The number of primary amides is 1. The van der Waals surface area contributed by atoms with Crippen LogP contribution in [0.15, 0.2) is 30.3 Å². The van der Waals surface area contributed by atoms with Gasteiger partial charge in [0.2, 0.25) is 11.8 Å². The summed E-state index contributed by atoms with van der Waals surface area (Å²) in [5.41, 5.74) is 5.54. The third kappa shape index (κ3) is 4.88. The molecule has 2 N–H and O–H groups in total. The number of carbonyl (C=O) groups excluding carboxylic acids is 2. The first-order valence-electron chi connectivity index (χ1n) is 7.68. The van der Waals surface area contributed by atoms with E-state index >= 15 is 0 Å². The van der Waals surface area contributed by atoms with E-state index in [1.54, 1.807) is 23.1 Å². The lowest BCUT2D eigenvalue weighted by molar-refractivity contribution is -0.385. The Hall–Kier alpha value is -2.74. The lowest BCUT2D eigenvalue weighted by atomic mass is 10.1. The third-order valence-electron chi connectivity index (χ3n) is 3.82. The minimum Gasteiger partial charge on any atom is -0.369 e. The summed E-state index contributed by atoms with van der Waals surface area (Å²) in [6.45, 7) is 2.55. The van der Waals surface area contributed by atoms with Gasteiger partial charge in [0.1, 0.15) is 0 Å². The van der Waals surface area contributed by atoms with Crippen molar-refractivity contribution in [3.8, 4) is 0 Å². The molecule has 0 saturated carbocycles. The molecule has 1 aromatic carbocycles. The van der Waals surface area contributed by atoms with Crippen molar-refractivity contribution in [3.05, 3.63) is 46.0 Å². The van der Waals surface area contributed by atoms with Crippen LogP contribution in [0.25, 0.3) is 6.08 Å². The third-order valence-corrected chi connectivity index (χ3v) is 3.82. The van der Waals surface area contributed by atoms with Crippen molar-refractivity contribution in [2.24, 2.45) is 5.73 Å². The molecule has 0 radical (unpaired) electrons. The first-order chi connectivity index (χ1) is 11.5. The van der Waals surface area contributed by atoms with Crippen LogP contribution in [0.1, 0.15) is 12.0 Å². The van der Waals surface area contributed by atoms with Crippen LogP contribution in [0.5, 0.6) is 0 Å². The number of nitrogens with two attached hydrogens (primary N) is 1. The van der Waals surface area contributed by atoms with E-state index in [1.807, 2.05) is 4.90 Å². The van der Waals surface area contributed by atoms with Gasteiger partial charge in [-0.3, -0.25) is 24.6 Å². The molecule has 1 saturated heterocycles. The first-order valence-corrected chi connectivity index (χ1v) is 7.68. The van der Waals surface area contributed by atoms with E-state index in [2.05, 4.69) is 0 Å². The van der Waals surface area contributed by atoms with Crippen LogP contribution in [0.2, 0.25) is 0 Å². The Bertz CT molecular complexity index is 659. The number of nitro groups is 1. The molecule has 24 heavy (non-hydrogen) atoms. The zero-order chi connectivity index (χ0) is 17.5. The van der Waals surface area contributed by atoms with Crippen molar-refractivity contribution in [2.75, 3.05) is 32.7 Å². The van der Waals surface area contributed by atoms with Crippen LogP contribution in [0.3, 0.4) is 0 Å². The fourth-order valence-electron chi connectivity index (χ4n) is 2.63. The van der Waals surface area contributed by atoms with Crippen molar-refractivity contribution < 1.29 is 14.5 Å². The predicted octanol–water partition coefficient (Wildman–Crippen LogP) is 0.628. The standard InChI is InChI=1S/C16H20N4O4/c17-15(21)12-18-8-3-9-19(11-10-18)16(22)7-6-13-4-1-2-5-14(13)20(23)24/h1-2,4-7H,3,8-12H2,(H2,17,21). The Balaban J connectivity index is 2.00. The maximum Gasteiger partial charge on any atom is 0.276 e. The van der Waals surface area contributed by atoms with Crippen LogP contribution < -0.4 is 5.73 Å². The number of hydrogen-bond donors (Lipinski definition) is 1. The van der Waals surface area contributed by atoms with Gasteiger partial charge in [-0.25, -0.2) is 0 Å². The number of hydrogen-bond acceptors (Lipinski definition) is 5. The highest BCUT2D eigenvalue weighted by Crippen LogP contribution is 2.19. The van der Waals surface area contributed by atoms with E-state index in [0.29, 0.717) is 31.7 Å². The van der Waals surface area contributed by atoms with Gasteiger partial charge >= 0.3 is 0 Å². The van der Waals surface area contributed by atoms with Gasteiger partial charge in [0, 0.05) is 38.3 Å². The molecule has 0 bridgehead atoms. The van der Waals surface area contributed by atoms with Crippen molar-refractivity contribution in [1.29, 1.82) is 0 Å². The SMILES string of the molecule is NC(=O)CN1CCCN(C(=O)C=Cc2ccccc2[N+](=O)[O-])CC1. The van der Waals surface area contributed by atoms with E-state index < -0.39 is 4.92 Å². The lowest BCUT2D eigenvalue weighted by Crippen LogP contribution is -2.37. The predicted molar refractivity (Wildman–Crippen MR) is 89.0 cm³/mol. The molecule has 8 nitrogen and oxygen atoms in total. The van der Waals surface area contributed by atoms with Crippen molar-refractivity contribution in [3.63, 3.8) is 0 Å². The van der Waals surface area contributed by atoms with E-state index in [-0.39, 0.29) is 24.0 Å². The minimum absolute atomic E-state index is 0.0370. The number of amides is 2. The summed E-state index contributed by atoms with van der Waals surface area (Å²) in [6.07, 6.45) is 3.57. The quantitative estimate of drug-likeness (QED) is 0.483. The summed E-state index contributed by atoms with van der Waals surface area (Å²) in [4.78, 5) is 37.4. The highest BCUT2D eigenvalue weighted by Gasteiger charge is 2.18. The minimum atomic E-state index is -0.474. The largest absolute Gasteiger partial charge is 0.369 e. The van der Waals surface area contributed by atoms with Gasteiger partial charge in [-0.05, 0) is 18.6 Å². The fourth-order valence-corrected chi connectivity index (χ4v) is 2.63. The molecule has 0 aliphatic carbocycles. The van der Waals surface area contributed by atoms with Crippen LogP contribution in [0, 0.1) is 10.1 Å². The number of rotatable bonds is 5. The molecule has 1 aliphatic heterocycles. The number of para-hydroxylation sites is 1. The van der Waals surface area contributed by atoms with Gasteiger partial charge in [0.05, 0.1) is 17.0 Å².